The second-order valence-corrected chi connectivity index (χ2v) is 11.9. The van der Waals surface area contributed by atoms with E-state index in [1.807, 2.05) is 0 Å². The van der Waals surface area contributed by atoms with E-state index in [9.17, 15) is 23.3 Å². The van der Waals surface area contributed by atoms with Crippen LogP contribution in [0.15, 0.2) is 47.4 Å². The van der Waals surface area contributed by atoms with Gasteiger partial charge in [0.25, 0.3) is 11.6 Å². The second-order valence-electron chi connectivity index (χ2n) is 9.76. The first-order valence-electron chi connectivity index (χ1n) is 11.4. The number of halogens is 1. The molecule has 0 radical (unpaired) electrons. The number of nitro benzene ring substituents is 1. The summed E-state index contributed by atoms with van der Waals surface area (Å²) >= 11 is 6.17. The summed E-state index contributed by atoms with van der Waals surface area (Å²) in [6.45, 7) is 6.56. The number of rotatable bonds is 8. The lowest BCUT2D eigenvalue weighted by Crippen LogP contribution is -2.40. The molecule has 1 fully saturated rings. The quantitative estimate of drug-likeness (QED) is 0.312. The molecule has 3 aromatic rings. The highest BCUT2D eigenvalue weighted by Crippen LogP contribution is 2.36. The number of amides is 1. The fraction of sp³-hybridized carbons (Fsp3) is 0.333. The Bertz CT molecular complexity index is 1490. The zero-order chi connectivity index (χ0) is 27.1. The van der Waals surface area contributed by atoms with Crippen molar-refractivity contribution in [2.45, 2.75) is 57.0 Å². The van der Waals surface area contributed by atoms with Gasteiger partial charge < -0.3 is 10.1 Å². The molecule has 11 nitrogen and oxygen atoms in total. The molecule has 2 N–H and O–H groups in total. The van der Waals surface area contributed by atoms with Gasteiger partial charge in [-0.15, -0.1) is 0 Å². The number of nitrogens with zero attached hydrogens (tertiary/aromatic N) is 3. The monoisotopic (exact) mass is 547 g/mol. The fourth-order valence-corrected chi connectivity index (χ4v) is 5.30. The minimum absolute atomic E-state index is 0.0595. The number of nitrogens with one attached hydrogen (secondary N) is 2. The maximum atomic E-state index is 13.2. The minimum atomic E-state index is -4.25. The number of sulfonamides is 1. The third-order valence-corrected chi connectivity index (χ3v) is 7.34. The molecule has 0 unspecified atom stereocenters. The van der Waals surface area contributed by atoms with E-state index < -0.39 is 37.0 Å². The van der Waals surface area contributed by atoms with Gasteiger partial charge in [0, 0.05) is 34.3 Å². The Morgan fingerprint density at radius 2 is 1.92 bits per heavy atom. The van der Waals surface area contributed by atoms with Crippen LogP contribution in [0.1, 0.15) is 49.7 Å². The summed E-state index contributed by atoms with van der Waals surface area (Å²) in [6.07, 6.45) is 1.77. The van der Waals surface area contributed by atoms with Crippen molar-refractivity contribution in [3.8, 4) is 17.3 Å². The van der Waals surface area contributed by atoms with Gasteiger partial charge in [0.2, 0.25) is 15.9 Å². The van der Waals surface area contributed by atoms with E-state index in [4.69, 9.17) is 16.3 Å². The van der Waals surface area contributed by atoms with Crippen LogP contribution in [0.3, 0.4) is 0 Å². The number of carbonyl (C=O) groups is 1. The van der Waals surface area contributed by atoms with E-state index in [0.717, 1.165) is 25.0 Å². The number of non-ortho nitro benzene ring substituents is 1. The van der Waals surface area contributed by atoms with Crippen LogP contribution in [0.2, 0.25) is 5.02 Å². The number of carbonyl (C=O) groups excluding carboxylic acids is 1. The number of hydrogen-bond acceptors (Lipinski definition) is 7. The molecule has 0 spiro atoms. The second kappa shape index (κ2) is 9.77. The van der Waals surface area contributed by atoms with Crippen molar-refractivity contribution >= 4 is 33.2 Å². The highest BCUT2D eigenvalue weighted by molar-refractivity contribution is 7.89. The standard InChI is InChI=1S/C24H26ClN5O6S/c1-14-21(22(31)26-16-8-9-16)27-29(17-7-5-6-15(25)12-17)23(14)36-19-11-10-18(30(32)33)13-20(19)37(34,35)28-24(2,3)4/h5-7,10-13,16,28H,8-9H2,1-4H3,(H,26,31). The van der Waals surface area contributed by atoms with Gasteiger partial charge in [0.1, 0.15) is 10.6 Å². The van der Waals surface area contributed by atoms with Gasteiger partial charge in [-0.05, 0) is 64.8 Å². The highest BCUT2D eigenvalue weighted by Gasteiger charge is 2.31. The number of benzene rings is 2. The highest BCUT2D eigenvalue weighted by atomic mass is 35.5. The molecule has 196 valence electrons. The molecule has 1 aliphatic rings. The van der Waals surface area contributed by atoms with Gasteiger partial charge in [-0.2, -0.15) is 9.78 Å². The molecule has 1 heterocycles. The van der Waals surface area contributed by atoms with Crippen LogP contribution in [0.4, 0.5) is 5.69 Å². The summed E-state index contributed by atoms with van der Waals surface area (Å²) < 4.78 is 36.4. The Morgan fingerprint density at radius 3 is 2.51 bits per heavy atom. The van der Waals surface area contributed by atoms with Crippen LogP contribution in [-0.2, 0) is 10.0 Å². The van der Waals surface area contributed by atoms with Gasteiger partial charge in [0.05, 0.1) is 10.6 Å². The molecule has 0 saturated heterocycles. The third kappa shape index (κ3) is 6.09. The van der Waals surface area contributed by atoms with Crippen molar-refractivity contribution in [3.63, 3.8) is 0 Å². The predicted octanol–water partition coefficient (Wildman–Crippen LogP) is 4.50. The molecular weight excluding hydrogens is 522 g/mol. The van der Waals surface area contributed by atoms with Crippen LogP contribution in [0.5, 0.6) is 11.6 Å². The van der Waals surface area contributed by atoms with Crippen LogP contribution in [-0.4, -0.2) is 40.6 Å². The van der Waals surface area contributed by atoms with E-state index in [0.29, 0.717) is 16.3 Å². The molecule has 4 rings (SSSR count). The molecule has 2 aromatic carbocycles. The maximum Gasteiger partial charge on any atom is 0.272 e. The minimum Gasteiger partial charge on any atom is -0.437 e. The SMILES string of the molecule is Cc1c(C(=O)NC2CC2)nn(-c2cccc(Cl)c2)c1Oc1ccc([N+](=O)[O-])cc1S(=O)(=O)NC(C)(C)C. The summed E-state index contributed by atoms with van der Waals surface area (Å²) in [7, 11) is -4.25. The molecule has 0 aliphatic heterocycles. The van der Waals surface area contributed by atoms with Crippen molar-refractivity contribution in [3.05, 3.63) is 68.9 Å². The smallest absolute Gasteiger partial charge is 0.272 e. The van der Waals surface area contributed by atoms with Crippen LogP contribution in [0.25, 0.3) is 5.69 Å². The van der Waals surface area contributed by atoms with E-state index in [1.165, 1.54) is 10.7 Å². The molecule has 1 amide bonds. The largest absolute Gasteiger partial charge is 0.437 e. The first-order chi connectivity index (χ1) is 17.2. The first kappa shape index (κ1) is 26.6. The molecule has 13 heteroatoms. The zero-order valence-corrected chi connectivity index (χ0v) is 22.2. The van der Waals surface area contributed by atoms with Gasteiger partial charge in [-0.1, -0.05) is 17.7 Å². The Hall–Kier alpha value is -3.48. The Kier molecular flexibility index (Phi) is 7.01. The lowest BCUT2D eigenvalue weighted by molar-refractivity contribution is -0.385. The van der Waals surface area contributed by atoms with Gasteiger partial charge in [-0.3, -0.25) is 14.9 Å². The van der Waals surface area contributed by atoms with Crippen molar-refractivity contribution in [1.29, 1.82) is 0 Å². The zero-order valence-electron chi connectivity index (χ0n) is 20.6. The fourth-order valence-electron chi connectivity index (χ4n) is 3.55. The molecule has 1 aliphatic carbocycles. The van der Waals surface area contributed by atoms with E-state index >= 15 is 0 Å². The topological polar surface area (TPSA) is 145 Å². The summed E-state index contributed by atoms with van der Waals surface area (Å²) in [5.41, 5.74) is -0.376. The summed E-state index contributed by atoms with van der Waals surface area (Å²) in [4.78, 5) is 23.2. The molecule has 0 atom stereocenters. The Balaban J connectivity index is 1.86. The number of hydrogen-bond donors (Lipinski definition) is 2. The molecular formula is C24H26ClN5O6S. The third-order valence-electron chi connectivity index (χ3n) is 5.32. The van der Waals surface area contributed by atoms with E-state index in [2.05, 4.69) is 15.1 Å². The lowest BCUT2D eigenvalue weighted by atomic mass is 10.1. The van der Waals surface area contributed by atoms with Gasteiger partial charge >= 0.3 is 0 Å². The average molecular weight is 548 g/mol. The summed E-state index contributed by atoms with van der Waals surface area (Å²) in [5, 5.41) is 19.1. The average Bonchev–Trinajstić information content (AvgIpc) is 3.54. The number of ether oxygens (including phenoxy) is 1. The first-order valence-corrected chi connectivity index (χ1v) is 13.3. The Morgan fingerprint density at radius 1 is 1.22 bits per heavy atom. The van der Waals surface area contributed by atoms with Crippen molar-refractivity contribution in [2.24, 2.45) is 0 Å². The van der Waals surface area contributed by atoms with Crippen molar-refractivity contribution in [2.75, 3.05) is 0 Å². The van der Waals surface area contributed by atoms with Crippen molar-refractivity contribution < 1.29 is 22.9 Å². The van der Waals surface area contributed by atoms with Crippen LogP contribution in [0, 0.1) is 17.0 Å². The van der Waals surface area contributed by atoms with Gasteiger partial charge in [-0.25, -0.2) is 13.1 Å². The normalized spacial score (nSPS) is 13.9. The lowest BCUT2D eigenvalue weighted by Gasteiger charge is -2.21. The van der Waals surface area contributed by atoms with Crippen molar-refractivity contribution in [1.82, 2.24) is 19.8 Å². The van der Waals surface area contributed by atoms with Crippen LogP contribution < -0.4 is 14.8 Å². The van der Waals surface area contributed by atoms with Gasteiger partial charge in [0.15, 0.2) is 5.69 Å². The van der Waals surface area contributed by atoms with E-state index in [-0.39, 0.29) is 23.4 Å². The number of aromatic nitrogens is 2. The molecule has 1 saturated carbocycles. The maximum absolute atomic E-state index is 13.2. The molecule has 1 aromatic heterocycles. The summed E-state index contributed by atoms with van der Waals surface area (Å²) in [5.74, 6) is -0.511. The van der Waals surface area contributed by atoms with E-state index in [1.54, 1.807) is 52.0 Å². The van der Waals surface area contributed by atoms with Crippen LogP contribution >= 0.6 is 11.6 Å². The molecule has 37 heavy (non-hydrogen) atoms. The predicted molar refractivity (Wildman–Crippen MR) is 137 cm³/mol. The number of nitro groups is 1. The Labute approximate surface area is 219 Å². The summed E-state index contributed by atoms with van der Waals surface area (Å²) in [6, 6.07) is 10.0. The molecule has 0 bridgehead atoms.